The van der Waals surface area contributed by atoms with Gasteiger partial charge in [-0.25, -0.2) is 0 Å². The fourth-order valence-electron chi connectivity index (χ4n) is 2.90. The average Bonchev–Trinajstić information content (AvgIpc) is 2.74. The fraction of sp³-hybridized carbons (Fsp3) is 0.769. The Bertz CT molecular complexity index is 356. The molecule has 3 atom stereocenters. The van der Waals surface area contributed by atoms with Crippen molar-refractivity contribution in [3.63, 3.8) is 0 Å². The van der Waals surface area contributed by atoms with Gasteiger partial charge in [0.25, 0.3) is 0 Å². The summed E-state index contributed by atoms with van der Waals surface area (Å²) in [7, 11) is 2.01. The van der Waals surface area contributed by atoms with E-state index < -0.39 is 0 Å². The first-order valence-electron chi connectivity index (χ1n) is 6.31. The zero-order valence-electron chi connectivity index (χ0n) is 10.6. The molecule has 0 amide bonds. The van der Waals surface area contributed by atoms with E-state index in [4.69, 9.17) is 5.73 Å². The van der Waals surface area contributed by atoms with Gasteiger partial charge in [-0.3, -0.25) is 4.68 Å². The maximum absolute atomic E-state index is 6.31. The van der Waals surface area contributed by atoms with Crippen LogP contribution in [0.1, 0.15) is 37.6 Å². The topological polar surface area (TPSA) is 43.8 Å². The van der Waals surface area contributed by atoms with Crippen LogP contribution in [-0.2, 0) is 13.5 Å². The van der Waals surface area contributed by atoms with Crippen molar-refractivity contribution in [1.82, 2.24) is 9.78 Å². The third kappa shape index (κ3) is 2.46. The Morgan fingerprint density at radius 3 is 2.81 bits per heavy atom. The van der Waals surface area contributed by atoms with Crippen molar-refractivity contribution in [3.05, 3.63) is 17.5 Å². The molecule has 1 heterocycles. The molecule has 3 unspecified atom stereocenters. The molecule has 0 saturated heterocycles. The van der Waals surface area contributed by atoms with E-state index in [9.17, 15) is 0 Å². The first-order chi connectivity index (χ1) is 7.56. The van der Waals surface area contributed by atoms with Crippen LogP contribution < -0.4 is 5.73 Å². The third-order valence-electron chi connectivity index (χ3n) is 3.88. The van der Waals surface area contributed by atoms with Crippen molar-refractivity contribution in [2.45, 2.75) is 45.6 Å². The normalized spacial score (nSPS) is 27.2. The largest absolute Gasteiger partial charge is 0.327 e. The maximum Gasteiger partial charge on any atom is 0.0596 e. The summed E-state index contributed by atoms with van der Waals surface area (Å²) in [6.45, 7) is 4.37. The Morgan fingerprint density at radius 2 is 2.31 bits per heavy atom. The van der Waals surface area contributed by atoms with Gasteiger partial charge in [0.05, 0.1) is 5.69 Å². The van der Waals surface area contributed by atoms with Crippen LogP contribution in [-0.4, -0.2) is 15.8 Å². The lowest BCUT2D eigenvalue weighted by atomic mass is 9.94. The van der Waals surface area contributed by atoms with Gasteiger partial charge < -0.3 is 5.73 Å². The van der Waals surface area contributed by atoms with Crippen molar-refractivity contribution in [3.8, 4) is 0 Å². The average molecular weight is 221 g/mol. The summed E-state index contributed by atoms with van der Waals surface area (Å²) in [6.07, 6.45) is 4.93. The lowest BCUT2D eigenvalue weighted by molar-refractivity contribution is 0.408. The van der Waals surface area contributed by atoms with E-state index in [1.54, 1.807) is 0 Å². The van der Waals surface area contributed by atoms with Gasteiger partial charge in [0.2, 0.25) is 0 Å². The van der Waals surface area contributed by atoms with E-state index >= 15 is 0 Å². The predicted octanol–water partition coefficient (Wildman–Crippen LogP) is 2.03. The van der Waals surface area contributed by atoms with Gasteiger partial charge in [0, 0.05) is 25.2 Å². The molecule has 90 valence electrons. The summed E-state index contributed by atoms with van der Waals surface area (Å²) < 4.78 is 1.97. The minimum absolute atomic E-state index is 0.305. The zero-order valence-corrected chi connectivity index (χ0v) is 10.6. The highest BCUT2D eigenvalue weighted by Crippen LogP contribution is 2.32. The third-order valence-corrected chi connectivity index (χ3v) is 3.88. The zero-order chi connectivity index (χ0) is 11.7. The molecule has 1 aromatic rings. The summed E-state index contributed by atoms with van der Waals surface area (Å²) in [4.78, 5) is 0. The highest BCUT2D eigenvalue weighted by atomic mass is 15.3. The summed E-state index contributed by atoms with van der Waals surface area (Å²) in [5, 5.41) is 4.37. The number of hydrogen-bond acceptors (Lipinski definition) is 2. The fourth-order valence-corrected chi connectivity index (χ4v) is 2.90. The number of nitrogens with two attached hydrogens (primary N) is 1. The van der Waals surface area contributed by atoms with Gasteiger partial charge in [-0.15, -0.1) is 0 Å². The molecule has 0 bridgehead atoms. The van der Waals surface area contributed by atoms with Crippen LogP contribution in [0, 0.1) is 18.8 Å². The number of hydrogen-bond donors (Lipinski definition) is 1. The minimum Gasteiger partial charge on any atom is -0.327 e. The van der Waals surface area contributed by atoms with Crippen LogP contribution in [0.5, 0.6) is 0 Å². The number of aryl methyl sites for hydroxylation is 2. The second-order valence-electron chi connectivity index (χ2n) is 5.45. The van der Waals surface area contributed by atoms with Gasteiger partial charge in [-0.2, -0.15) is 5.10 Å². The first kappa shape index (κ1) is 11.6. The molecular formula is C13H23N3. The SMILES string of the molecule is Cc1cc(CC(N)C2CCC(C)C2)n(C)n1. The van der Waals surface area contributed by atoms with Crippen molar-refractivity contribution < 1.29 is 0 Å². The molecule has 0 aliphatic heterocycles. The maximum atomic E-state index is 6.31. The Labute approximate surface area is 98.0 Å². The molecule has 2 rings (SSSR count). The molecule has 0 spiro atoms. The monoisotopic (exact) mass is 221 g/mol. The first-order valence-corrected chi connectivity index (χ1v) is 6.31. The van der Waals surface area contributed by atoms with E-state index in [1.807, 2.05) is 18.7 Å². The van der Waals surface area contributed by atoms with Crippen LogP contribution >= 0.6 is 0 Å². The molecule has 1 aromatic heterocycles. The van der Waals surface area contributed by atoms with E-state index in [0.717, 1.165) is 18.0 Å². The van der Waals surface area contributed by atoms with Crippen LogP contribution in [0.4, 0.5) is 0 Å². The molecule has 1 saturated carbocycles. The number of rotatable bonds is 3. The van der Waals surface area contributed by atoms with Gasteiger partial charge in [0.1, 0.15) is 0 Å². The molecular weight excluding hydrogens is 198 g/mol. The molecule has 0 radical (unpaired) electrons. The standard InChI is InChI=1S/C13H23N3/c1-9-4-5-11(6-9)13(14)8-12-7-10(2)15-16(12)3/h7,9,11,13H,4-6,8,14H2,1-3H3. The lowest BCUT2D eigenvalue weighted by Gasteiger charge is -2.19. The van der Waals surface area contributed by atoms with Gasteiger partial charge in [-0.05, 0) is 37.7 Å². The van der Waals surface area contributed by atoms with E-state index in [2.05, 4.69) is 18.1 Å². The van der Waals surface area contributed by atoms with Crippen molar-refractivity contribution >= 4 is 0 Å². The second-order valence-corrected chi connectivity index (χ2v) is 5.45. The molecule has 1 aliphatic carbocycles. The van der Waals surface area contributed by atoms with Gasteiger partial charge in [-0.1, -0.05) is 13.3 Å². The van der Waals surface area contributed by atoms with Crippen LogP contribution in [0.3, 0.4) is 0 Å². The second kappa shape index (κ2) is 4.58. The van der Waals surface area contributed by atoms with E-state index in [-0.39, 0.29) is 0 Å². The molecule has 1 fully saturated rings. The van der Waals surface area contributed by atoms with Crippen LogP contribution in [0.25, 0.3) is 0 Å². The summed E-state index contributed by atoms with van der Waals surface area (Å²) >= 11 is 0. The number of aromatic nitrogens is 2. The van der Waals surface area contributed by atoms with Crippen LogP contribution in [0.15, 0.2) is 6.07 Å². The highest BCUT2D eigenvalue weighted by molar-refractivity contribution is 5.10. The Balaban J connectivity index is 1.96. The van der Waals surface area contributed by atoms with E-state index in [1.165, 1.54) is 25.0 Å². The van der Waals surface area contributed by atoms with Crippen LogP contribution in [0.2, 0.25) is 0 Å². The molecule has 2 N–H and O–H groups in total. The molecule has 1 aliphatic rings. The molecule has 16 heavy (non-hydrogen) atoms. The summed E-state index contributed by atoms with van der Waals surface area (Å²) in [6, 6.07) is 2.46. The number of nitrogens with zero attached hydrogens (tertiary/aromatic N) is 2. The highest BCUT2D eigenvalue weighted by Gasteiger charge is 2.27. The minimum atomic E-state index is 0.305. The van der Waals surface area contributed by atoms with Crippen molar-refractivity contribution in [2.75, 3.05) is 0 Å². The Hall–Kier alpha value is -0.830. The molecule has 3 nitrogen and oxygen atoms in total. The smallest absolute Gasteiger partial charge is 0.0596 e. The van der Waals surface area contributed by atoms with E-state index in [0.29, 0.717) is 12.0 Å². The summed E-state index contributed by atoms with van der Waals surface area (Å²) in [5.74, 6) is 1.58. The predicted molar refractivity (Wildman–Crippen MR) is 66.1 cm³/mol. The van der Waals surface area contributed by atoms with Crippen molar-refractivity contribution in [2.24, 2.45) is 24.6 Å². The van der Waals surface area contributed by atoms with Gasteiger partial charge in [0.15, 0.2) is 0 Å². The molecule has 0 aromatic carbocycles. The lowest BCUT2D eigenvalue weighted by Crippen LogP contribution is -2.31. The Kier molecular flexibility index (Phi) is 3.33. The quantitative estimate of drug-likeness (QED) is 0.848. The Morgan fingerprint density at radius 1 is 1.56 bits per heavy atom. The van der Waals surface area contributed by atoms with Crippen molar-refractivity contribution in [1.29, 1.82) is 0 Å². The van der Waals surface area contributed by atoms with Gasteiger partial charge >= 0.3 is 0 Å². The molecule has 3 heteroatoms. The summed E-state index contributed by atoms with van der Waals surface area (Å²) in [5.41, 5.74) is 8.67.